The zero-order valence-electron chi connectivity index (χ0n) is 22.8. The van der Waals surface area contributed by atoms with Gasteiger partial charge in [-0.25, -0.2) is 0 Å². The van der Waals surface area contributed by atoms with E-state index in [1.165, 1.54) is 58.3 Å². The Labute approximate surface area is 217 Å². The Hall–Kier alpha value is -2.57. The molecule has 1 atom stereocenters. The van der Waals surface area contributed by atoms with Crippen molar-refractivity contribution in [2.24, 2.45) is 5.92 Å². The number of rotatable bonds is 20. The van der Waals surface area contributed by atoms with Crippen LogP contribution in [0.5, 0.6) is 5.75 Å². The number of benzene rings is 1. The molecule has 1 N–H and O–H groups in total. The van der Waals surface area contributed by atoms with Crippen LogP contribution in [0.3, 0.4) is 0 Å². The van der Waals surface area contributed by atoms with Crippen LogP contribution >= 0.6 is 0 Å². The molecule has 0 fully saturated rings. The summed E-state index contributed by atoms with van der Waals surface area (Å²) in [6, 6.07) is 7.30. The van der Waals surface area contributed by atoms with Crippen molar-refractivity contribution in [2.75, 3.05) is 19.8 Å². The predicted octanol–water partition coefficient (Wildman–Crippen LogP) is 5.78. The lowest BCUT2D eigenvalue weighted by Crippen LogP contribution is -2.40. The summed E-state index contributed by atoms with van der Waals surface area (Å²) in [5, 5.41) is 2.86. The van der Waals surface area contributed by atoms with Crippen LogP contribution in [0, 0.1) is 5.92 Å². The van der Waals surface area contributed by atoms with Gasteiger partial charge in [0.25, 0.3) is 0 Å². The molecule has 7 nitrogen and oxygen atoms in total. The topological polar surface area (TPSA) is 90.9 Å². The lowest BCUT2D eigenvalue weighted by molar-refractivity contribution is -0.162. The fourth-order valence-electron chi connectivity index (χ4n) is 4.19. The lowest BCUT2D eigenvalue weighted by atomic mass is 9.94. The molecule has 0 aliphatic rings. The monoisotopic (exact) mass is 505 g/mol. The first-order chi connectivity index (χ1) is 17.4. The number of nitrogens with one attached hydrogen (secondary N) is 1. The first-order valence-corrected chi connectivity index (χ1v) is 13.7. The van der Waals surface area contributed by atoms with E-state index in [9.17, 15) is 14.4 Å². The van der Waals surface area contributed by atoms with Gasteiger partial charge >= 0.3 is 11.9 Å². The summed E-state index contributed by atoms with van der Waals surface area (Å²) in [7, 11) is 0. The average Bonchev–Trinajstić information content (AvgIpc) is 2.83. The fraction of sp³-hybridized carbons (Fsp3) is 0.690. The van der Waals surface area contributed by atoms with Gasteiger partial charge in [0, 0.05) is 13.0 Å². The minimum atomic E-state index is -1.09. The van der Waals surface area contributed by atoms with E-state index in [0.717, 1.165) is 17.7 Å². The van der Waals surface area contributed by atoms with Crippen LogP contribution in [-0.4, -0.2) is 43.7 Å². The van der Waals surface area contributed by atoms with Gasteiger partial charge in [-0.1, -0.05) is 70.4 Å². The molecule has 0 saturated heterocycles. The maximum Gasteiger partial charge on any atom is 0.320 e. The second-order valence-electron chi connectivity index (χ2n) is 9.22. The number of ether oxygens (including phenoxy) is 3. The largest absolute Gasteiger partial charge is 0.494 e. The summed E-state index contributed by atoms with van der Waals surface area (Å²) >= 11 is 0. The number of esters is 2. The zero-order valence-corrected chi connectivity index (χ0v) is 22.8. The number of hydrogen-bond donors (Lipinski definition) is 1. The molecule has 0 aliphatic heterocycles. The highest BCUT2D eigenvalue weighted by Gasteiger charge is 2.32. The molecule has 0 heterocycles. The van der Waals surface area contributed by atoms with Crippen LogP contribution in [-0.2, 0) is 30.3 Å². The van der Waals surface area contributed by atoms with E-state index in [0.29, 0.717) is 13.0 Å². The maximum atomic E-state index is 12.4. The lowest BCUT2D eigenvalue weighted by Gasteiger charge is -2.22. The summed E-state index contributed by atoms with van der Waals surface area (Å²) in [6.45, 7) is 8.03. The second kappa shape index (κ2) is 19.6. The zero-order chi connectivity index (χ0) is 26.6. The maximum absolute atomic E-state index is 12.4. The molecule has 0 aromatic heterocycles. The minimum absolute atomic E-state index is 0.0980. The normalized spacial score (nSPS) is 11.7. The van der Waals surface area contributed by atoms with Crippen molar-refractivity contribution in [3.8, 4) is 5.75 Å². The third kappa shape index (κ3) is 14.1. The first kappa shape index (κ1) is 31.5. The van der Waals surface area contributed by atoms with E-state index >= 15 is 0 Å². The summed E-state index contributed by atoms with van der Waals surface area (Å²) in [4.78, 5) is 36.6. The Morgan fingerprint density at radius 1 is 0.833 bits per heavy atom. The van der Waals surface area contributed by atoms with Crippen molar-refractivity contribution in [2.45, 2.75) is 104 Å². The third-order valence-electron chi connectivity index (χ3n) is 5.97. The van der Waals surface area contributed by atoms with Crippen molar-refractivity contribution in [1.29, 1.82) is 0 Å². The van der Waals surface area contributed by atoms with Gasteiger partial charge in [0.1, 0.15) is 5.75 Å². The second-order valence-corrected chi connectivity index (χ2v) is 9.22. The van der Waals surface area contributed by atoms with Crippen molar-refractivity contribution < 1.29 is 28.6 Å². The van der Waals surface area contributed by atoms with Crippen LogP contribution in [0.2, 0.25) is 0 Å². The summed E-state index contributed by atoms with van der Waals surface area (Å²) in [5.41, 5.74) is 0.949. The SMILES string of the molecule is CCCCCCCCCCCOc1cccc(CC(CC(C(=O)OCC)C(=O)OCC)NC(C)=O)c1. The first-order valence-electron chi connectivity index (χ1n) is 13.7. The molecule has 1 aromatic carbocycles. The molecule has 1 unspecified atom stereocenters. The van der Waals surface area contributed by atoms with Crippen molar-refractivity contribution >= 4 is 17.8 Å². The highest BCUT2D eigenvalue weighted by Crippen LogP contribution is 2.20. The van der Waals surface area contributed by atoms with Crippen LogP contribution in [0.1, 0.15) is 97.5 Å². The Morgan fingerprint density at radius 2 is 1.42 bits per heavy atom. The predicted molar refractivity (Wildman–Crippen MR) is 142 cm³/mol. The van der Waals surface area contributed by atoms with E-state index < -0.39 is 23.9 Å². The molecular formula is C29H47NO6. The number of hydrogen-bond acceptors (Lipinski definition) is 6. The number of carbonyl (C=O) groups excluding carboxylic acids is 3. The summed E-state index contributed by atoms with van der Waals surface area (Å²) < 4.78 is 16.1. The molecule has 0 radical (unpaired) electrons. The molecule has 1 amide bonds. The molecule has 1 rings (SSSR count). The van der Waals surface area contributed by atoms with E-state index in [4.69, 9.17) is 14.2 Å². The Kier molecular flexibility index (Phi) is 17.1. The minimum Gasteiger partial charge on any atom is -0.494 e. The highest BCUT2D eigenvalue weighted by atomic mass is 16.6. The fourth-order valence-corrected chi connectivity index (χ4v) is 4.19. The van der Waals surface area contributed by atoms with Crippen molar-refractivity contribution in [1.82, 2.24) is 5.32 Å². The smallest absolute Gasteiger partial charge is 0.320 e. The quantitative estimate of drug-likeness (QED) is 0.137. The molecular weight excluding hydrogens is 458 g/mol. The highest BCUT2D eigenvalue weighted by molar-refractivity contribution is 5.95. The summed E-state index contributed by atoms with van der Waals surface area (Å²) in [5.74, 6) is -1.81. The Bertz CT molecular complexity index is 748. The van der Waals surface area contributed by atoms with Gasteiger partial charge < -0.3 is 19.5 Å². The standard InChI is InChI=1S/C29H47NO6/c1-5-8-9-10-11-12-13-14-15-19-36-26-18-16-17-24(21-26)20-25(30-23(4)31)22-27(28(32)34-6-2)29(33)35-7-3/h16-18,21,25,27H,5-15,19-20,22H2,1-4H3,(H,30,31). The van der Waals surface area contributed by atoms with Gasteiger partial charge in [-0.2, -0.15) is 0 Å². The van der Waals surface area contributed by atoms with E-state index in [1.807, 2.05) is 24.3 Å². The molecule has 0 bridgehead atoms. The van der Waals surface area contributed by atoms with Gasteiger partial charge in [-0.3, -0.25) is 14.4 Å². The molecule has 7 heteroatoms. The number of amides is 1. The third-order valence-corrected chi connectivity index (χ3v) is 5.97. The van der Waals surface area contributed by atoms with Crippen LogP contribution < -0.4 is 10.1 Å². The molecule has 204 valence electrons. The Balaban J connectivity index is 2.62. The van der Waals surface area contributed by atoms with Crippen molar-refractivity contribution in [3.63, 3.8) is 0 Å². The summed E-state index contributed by atoms with van der Waals surface area (Å²) in [6.07, 6.45) is 11.9. The van der Waals surface area contributed by atoms with Gasteiger partial charge in [0.05, 0.1) is 19.8 Å². The van der Waals surface area contributed by atoms with Crippen LogP contribution in [0.4, 0.5) is 0 Å². The molecule has 0 saturated carbocycles. The number of carbonyl (C=O) groups is 3. The van der Waals surface area contributed by atoms with Gasteiger partial charge in [0.2, 0.25) is 5.91 Å². The van der Waals surface area contributed by atoms with E-state index in [-0.39, 0.29) is 25.5 Å². The molecule has 36 heavy (non-hydrogen) atoms. The van der Waals surface area contributed by atoms with Gasteiger partial charge in [-0.15, -0.1) is 0 Å². The van der Waals surface area contributed by atoms with Crippen LogP contribution in [0.25, 0.3) is 0 Å². The van der Waals surface area contributed by atoms with E-state index in [1.54, 1.807) is 13.8 Å². The van der Waals surface area contributed by atoms with Gasteiger partial charge in [-0.05, 0) is 50.8 Å². The number of unbranched alkanes of at least 4 members (excludes halogenated alkanes) is 8. The molecule has 0 spiro atoms. The average molecular weight is 506 g/mol. The van der Waals surface area contributed by atoms with E-state index in [2.05, 4.69) is 12.2 Å². The van der Waals surface area contributed by atoms with Crippen LogP contribution in [0.15, 0.2) is 24.3 Å². The van der Waals surface area contributed by atoms with Gasteiger partial charge in [0.15, 0.2) is 5.92 Å². The Morgan fingerprint density at radius 3 is 1.97 bits per heavy atom. The molecule has 0 aliphatic carbocycles. The molecule has 1 aromatic rings. The van der Waals surface area contributed by atoms with Crippen molar-refractivity contribution in [3.05, 3.63) is 29.8 Å².